The largest absolute Gasteiger partial charge is 0.207 e. The van der Waals surface area contributed by atoms with Gasteiger partial charge in [0.25, 0.3) is 0 Å². The van der Waals surface area contributed by atoms with Gasteiger partial charge < -0.3 is 0 Å². The monoisotopic (exact) mass is 700 g/mol. The van der Waals surface area contributed by atoms with E-state index in [0.717, 1.165) is 109 Å². The Bertz CT molecular complexity index is 3560. The molecule has 0 fully saturated rings. The number of hydrogen-bond donors (Lipinski definition) is 0. The second-order valence-corrected chi connectivity index (χ2v) is 14.5. The van der Waals surface area contributed by atoms with Crippen LogP contribution in [-0.2, 0) is 0 Å². The first-order valence-corrected chi connectivity index (χ1v) is 17.9. The Hall–Kier alpha value is -6.78. The molecule has 0 atom stereocenters. The normalized spacial score (nSPS) is 12.4. The molecular weight excluding hydrogens is 677 g/mol. The minimum absolute atomic E-state index is 0.388. The molecule has 0 aromatic heterocycles. The Kier molecular flexibility index (Phi) is 5.74. The van der Waals surface area contributed by atoms with E-state index in [1.54, 1.807) is 0 Å². The molecule has 0 N–H and O–H groups in total. The number of fused-ring (bicyclic) bond motifs is 11. The fraction of sp³-hybridized carbons (Fsp3) is 0. The summed E-state index contributed by atoms with van der Waals surface area (Å²) in [7, 11) is 0. The van der Waals surface area contributed by atoms with Crippen molar-refractivity contribution >= 4 is 97.0 Å². The number of rotatable bonds is 2. The Morgan fingerprint density at radius 1 is 0.241 bits per heavy atom. The Morgan fingerprint density at radius 2 is 0.630 bits per heavy atom. The van der Waals surface area contributed by atoms with E-state index in [0.29, 0.717) is 22.3 Å². The molecular formula is C50H24F4. The quantitative estimate of drug-likeness (QED) is 0.124. The van der Waals surface area contributed by atoms with Crippen molar-refractivity contribution in [3.63, 3.8) is 0 Å². The maximum atomic E-state index is 15.4. The van der Waals surface area contributed by atoms with Crippen LogP contribution in [0.3, 0.4) is 0 Å². The van der Waals surface area contributed by atoms with E-state index in [4.69, 9.17) is 0 Å². The van der Waals surface area contributed by atoms with E-state index in [2.05, 4.69) is 72.8 Å². The van der Waals surface area contributed by atoms with Gasteiger partial charge in [0, 0.05) is 12.1 Å². The van der Waals surface area contributed by atoms with E-state index in [9.17, 15) is 0 Å². The molecule has 12 rings (SSSR count). The molecule has 0 radical (unpaired) electrons. The molecule has 0 heterocycles. The molecule has 0 bridgehead atoms. The van der Waals surface area contributed by atoms with Crippen molar-refractivity contribution < 1.29 is 17.6 Å². The summed E-state index contributed by atoms with van der Waals surface area (Å²) in [5.41, 5.74) is 2.11. The summed E-state index contributed by atoms with van der Waals surface area (Å²) in [4.78, 5) is 0. The fourth-order valence-electron chi connectivity index (χ4n) is 9.68. The summed E-state index contributed by atoms with van der Waals surface area (Å²) in [6.07, 6.45) is 0. The topological polar surface area (TPSA) is 0 Å². The number of benzene rings is 10. The lowest BCUT2D eigenvalue weighted by atomic mass is 9.85. The molecule has 0 saturated heterocycles. The highest BCUT2D eigenvalue weighted by molar-refractivity contribution is 6.44. The smallest absolute Gasteiger partial charge is 0.126 e. The average molecular weight is 701 g/mol. The molecule has 54 heavy (non-hydrogen) atoms. The third-order valence-corrected chi connectivity index (χ3v) is 11.6. The highest BCUT2D eigenvalue weighted by atomic mass is 19.1. The minimum Gasteiger partial charge on any atom is -0.207 e. The van der Waals surface area contributed by atoms with E-state index < -0.39 is 23.3 Å². The lowest BCUT2D eigenvalue weighted by Gasteiger charge is -2.18. The van der Waals surface area contributed by atoms with Crippen LogP contribution in [0.1, 0.15) is 0 Å². The van der Waals surface area contributed by atoms with Gasteiger partial charge in [-0.1, -0.05) is 84.9 Å². The Balaban J connectivity index is 1.42. The van der Waals surface area contributed by atoms with Crippen LogP contribution in [-0.4, -0.2) is 0 Å². The summed E-state index contributed by atoms with van der Waals surface area (Å²) >= 11 is 0. The molecule has 0 saturated carbocycles. The van der Waals surface area contributed by atoms with Gasteiger partial charge in [-0.2, -0.15) is 0 Å². The summed E-state index contributed by atoms with van der Waals surface area (Å²) in [5, 5.41) is 17.6. The number of halogens is 4. The van der Waals surface area contributed by atoms with Gasteiger partial charge in [0.05, 0.1) is 0 Å². The van der Waals surface area contributed by atoms with Crippen LogP contribution in [0, 0.1) is 23.3 Å². The standard InChI is InChI=1S/C50H24F4/c51-29-15-27(16-30(52)21-29)45-43-24-40-39(37-13-5-11-35-33-9-3-1-7-25(33)19-41(40)47(35)37)23-42(43)46(28-17-31(53)22-32(54)18-28)50-44-20-26-8-2-4-10-34(26)36-12-6-14-38(48(36)44)49(45)50/h1-24H. The molecule has 0 unspecified atom stereocenters. The van der Waals surface area contributed by atoms with E-state index in [1.165, 1.54) is 24.3 Å². The fourth-order valence-corrected chi connectivity index (χ4v) is 9.68. The third kappa shape index (κ3) is 3.87. The van der Waals surface area contributed by atoms with Crippen LogP contribution in [0.15, 0.2) is 146 Å². The SMILES string of the molecule is Fc1cc(F)cc(-c2c3cc4c(cc3c(-c3cc(F)cc(F)c3)c3c5cc6ccccc6c6cccc(c23)c65)c2cccc3c5ccccc5cc4c32)c1. The van der Waals surface area contributed by atoms with Crippen molar-refractivity contribution in [3.8, 4) is 22.3 Å². The first kappa shape index (κ1) is 29.8. The van der Waals surface area contributed by atoms with Gasteiger partial charge in [0.1, 0.15) is 23.3 Å². The Morgan fingerprint density at radius 3 is 1.17 bits per heavy atom. The zero-order chi connectivity index (χ0) is 36.0. The summed E-state index contributed by atoms with van der Waals surface area (Å²) in [6, 6.07) is 44.9. The molecule has 0 aliphatic carbocycles. The molecule has 252 valence electrons. The van der Waals surface area contributed by atoms with Gasteiger partial charge in [0.15, 0.2) is 0 Å². The molecule has 0 spiro atoms. The molecule has 4 heteroatoms. The highest BCUT2D eigenvalue weighted by Gasteiger charge is 2.27. The van der Waals surface area contributed by atoms with Gasteiger partial charge in [0.2, 0.25) is 0 Å². The lowest BCUT2D eigenvalue weighted by molar-refractivity contribution is 0.583. The van der Waals surface area contributed by atoms with Gasteiger partial charge in [-0.3, -0.25) is 0 Å². The second kappa shape index (κ2) is 10.4. The van der Waals surface area contributed by atoms with Crippen LogP contribution in [0.5, 0.6) is 0 Å². The maximum Gasteiger partial charge on any atom is 0.126 e. The lowest BCUT2D eigenvalue weighted by Crippen LogP contribution is -1.92. The summed E-state index contributed by atoms with van der Waals surface area (Å²) in [5.74, 6) is -2.75. The zero-order valence-corrected chi connectivity index (χ0v) is 28.4. The average Bonchev–Trinajstić information content (AvgIpc) is 3.65. The van der Waals surface area contributed by atoms with Crippen molar-refractivity contribution in [1.29, 1.82) is 0 Å². The van der Waals surface area contributed by atoms with Crippen LogP contribution in [0.2, 0.25) is 0 Å². The van der Waals surface area contributed by atoms with Crippen molar-refractivity contribution in [2.75, 3.05) is 0 Å². The first-order chi connectivity index (χ1) is 26.4. The predicted octanol–water partition coefficient (Wildman–Crippen LogP) is 14.8. The molecule has 12 aromatic rings. The molecule has 0 aliphatic heterocycles. The molecule has 0 amide bonds. The van der Waals surface area contributed by atoms with Crippen LogP contribution < -0.4 is 0 Å². The van der Waals surface area contributed by atoms with Gasteiger partial charge in [-0.25, -0.2) is 17.6 Å². The van der Waals surface area contributed by atoms with Crippen molar-refractivity contribution in [2.24, 2.45) is 0 Å². The second-order valence-electron chi connectivity index (χ2n) is 14.5. The highest BCUT2D eigenvalue weighted by Crippen LogP contribution is 2.54. The Labute approximate surface area is 304 Å². The summed E-state index contributed by atoms with van der Waals surface area (Å²) in [6.45, 7) is 0. The van der Waals surface area contributed by atoms with Crippen molar-refractivity contribution in [1.82, 2.24) is 0 Å². The molecule has 0 nitrogen and oxygen atoms in total. The van der Waals surface area contributed by atoms with E-state index >= 15 is 17.6 Å². The van der Waals surface area contributed by atoms with Crippen molar-refractivity contribution in [2.45, 2.75) is 0 Å². The predicted molar refractivity (Wildman–Crippen MR) is 217 cm³/mol. The number of hydrogen-bond acceptors (Lipinski definition) is 0. The van der Waals surface area contributed by atoms with Crippen molar-refractivity contribution in [3.05, 3.63) is 169 Å². The summed E-state index contributed by atoms with van der Waals surface area (Å²) < 4.78 is 61.4. The third-order valence-electron chi connectivity index (χ3n) is 11.6. The van der Waals surface area contributed by atoms with Gasteiger partial charge in [-0.05, 0) is 168 Å². The van der Waals surface area contributed by atoms with E-state index in [1.807, 2.05) is 36.4 Å². The van der Waals surface area contributed by atoms with Crippen LogP contribution >= 0.6 is 0 Å². The minimum atomic E-state index is -0.688. The van der Waals surface area contributed by atoms with Crippen LogP contribution in [0.25, 0.3) is 119 Å². The van der Waals surface area contributed by atoms with Gasteiger partial charge in [-0.15, -0.1) is 0 Å². The zero-order valence-electron chi connectivity index (χ0n) is 28.4. The molecule has 12 aromatic carbocycles. The maximum absolute atomic E-state index is 15.4. The van der Waals surface area contributed by atoms with E-state index in [-0.39, 0.29) is 0 Å². The van der Waals surface area contributed by atoms with Gasteiger partial charge >= 0.3 is 0 Å². The van der Waals surface area contributed by atoms with Crippen LogP contribution in [0.4, 0.5) is 17.6 Å². The molecule has 0 aliphatic rings. The first-order valence-electron chi connectivity index (χ1n) is 17.9.